The van der Waals surface area contributed by atoms with Gasteiger partial charge in [0.05, 0.1) is 17.1 Å². The van der Waals surface area contributed by atoms with Crippen molar-refractivity contribution in [2.24, 2.45) is 4.99 Å². The van der Waals surface area contributed by atoms with Gasteiger partial charge in [0.15, 0.2) is 5.96 Å². The number of rotatable bonds is 8. The van der Waals surface area contributed by atoms with Crippen LogP contribution in [0.3, 0.4) is 0 Å². The fourth-order valence-electron chi connectivity index (χ4n) is 3.98. The molecule has 1 fully saturated rings. The molecular formula is C25H32FN7. The first-order valence-corrected chi connectivity index (χ1v) is 11.7. The lowest BCUT2D eigenvalue weighted by molar-refractivity contribution is 0.196. The van der Waals surface area contributed by atoms with E-state index in [1.54, 1.807) is 16.8 Å². The van der Waals surface area contributed by atoms with Gasteiger partial charge in [0.1, 0.15) is 5.82 Å². The van der Waals surface area contributed by atoms with Crippen LogP contribution in [-0.2, 0) is 13.0 Å². The maximum atomic E-state index is 13.1. The van der Waals surface area contributed by atoms with E-state index in [9.17, 15) is 4.39 Å². The Hall–Kier alpha value is -3.26. The van der Waals surface area contributed by atoms with E-state index >= 15 is 0 Å². The van der Waals surface area contributed by atoms with Crippen LogP contribution in [0, 0.1) is 5.82 Å². The Morgan fingerprint density at radius 3 is 2.64 bits per heavy atom. The summed E-state index contributed by atoms with van der Waals surface area (Å²) in [7, 11) is 0. The number of pyridine rings is 1. The standard InChI is InChI=1S/C25H32FN7/c1-2-27-25(30-21-11-16-32(17-12-21)19-23-5-3-4-14-28-23)29-15-10-22-13-18-33(31-22)24-8-6-20(26)7-9-24/h3-9,13-14,18,21H,2,10-12,15-17,19H2,1H3,(H2,27,29,30). The molecular weight excluding hydrogens is 417 g/mol. The predicted molar refractivity (Wildman–Crippen MR) is 129 cm³/mol. The topological polar surface area (TPSA) is 70.4 Å². The van der Waals surface area contributed by atoms with Gasteiger partial charge in [-0.1, -0.05) is 6.07 Å². The Morgan fingerprint density at radius 1 is 1.09 bits per heavy atom. The molecule has 1 saturated heterocycles. The summed E-state index contributed by atoms with van der Waals surface area (Å²) in [6.07, 6.45) is 6.66. The van der Waals surface area contributed by atoms with E-state index < -0.39 is 0 Å². The first-order valence-electron chi connectivity index (χ1n) is 11.7. The molecule has 4 rings (SSSR count). The third-order valence-electron chi connectivity index (χ3n) is 5.76. The van der Waals surface area contributed by atoms with Gasteiger partial charge in [-0.15, -0.1) is 0 Å². The van der Waals surface area contributed by atoms with Crippen molar-refractivity contribution in [3.05, 3.63) is 78.1 Å². The number of piperidine rings is 1. The third kappa shape index (κ3) is 6.86. The van der Waals surface area contributed by atoms with Gasteiger partial charge in [-0.2, -0.15) is 5.10 Å². The number of nitrogens with zero attached hydrogens (tertiary/aromatic N) is 5. The van der Waals surface area contributed by atoms with Crippen molar-refractivity contribution in [2.45, 2.75) is 38.8 Å². The van der Waals surface area contributed by atoms with Crippen LogP contribution in [0.5, 0.6) is 0 Å². The first kappa shape index (κ1) is 22.9. The minimum absolute atomic E-state index is 0.247. The van der Waals surface area contributed by atoms with Crippen LogP contribution in [-0.4, -0.2) is 57.8 Å². The van der Waals surface area contributed by atoms with E-state index in [0.29, 0.717) is 12.6 Å². The second kappa shape index (κ2) is 11.6. The molecule has 2 N–H and O–H groups in total. The Kier molecular flexibility index (Phi) is 8.03. The lowest BCUT2D eigenvalue weighted by Gasteiger charge is -2.32. The molecule has 1 aliphatic heterocycles. The van der Waals surface area contributed by atoms with Crippen molar-refractivity contribution >= 4 is 5.96 Å². The molecule has 8 heteroatoms. The molecule has 2 aromatic heterocycles. The number of guanidine groups is 1. The Labute approximate surface area is 194 Å². The summed E-state index contributed by atoms with van der Waals surface area (Å²) >= 11 is 0. The van der Waals surface area contributed by atoms with E-state index in [0.717, 1.165) is 68.5 Å². The highest BCUT2D eigenvalue weighted by Gasteiger charge is 2.20. The van der Waals surface area contributed by atoms with E-state index in [1.165, 1.54) is 12.1 Å². The SMILES string of the molecule is CCNC(=NCCc1ccn(-c2ccc(F)cc2)n1)NC1CCN(Cc2ccccn2)CC1. The Morgan fingerprint density at radius 2 is 1.91 bits per heavy atom. The number of aliphatic imine (C=N–C) groups is 1. The van der Waals surface area contributed by atoms with E-state index in [4.69, 9.17) is 4.99 Å². The molecule has 0 radical (unpaired) electrons. The minimum Gasteiger partial charge on any atom is -0.357 e. The molecule has 33 heavy (non-hydrogen) atoms. The predicted octanol–water partition coefficient (Wildman–Crippen LogP) is 3.17. The van der Waals surface area contributed by atoms with E-state index in [2.05, 4.69) is 38.6 Å². The average Bonchev–Trinajstić information content (AvgIpc) is 3.30. The fourth-order valence-corrected chi connectivity index (χ4v) is 3.98. The lowest BCUT2D eigenvalue weighted by Crippen LogP contribution is -2.48. The number of nitrogens with one attached hydrogen (secondary N) is 2. The molecule has 1 aromatic carbocycles. The number of benzene rings is 1. The highest BCUT2D eigenvalue weighted by atomic mass is 19.1. The normalized spacial score (nSPS) is 15.5. The molecule has 0 spiro atoms. The first-order chi connectivity index (χ1) is 16.2. The fraction of sp³-hybridized carbons (Fsp3) is 0.400. The van der Waals surface area contributed by atoms with Crippen LogP contribution in [0.1, 0.15) is 31.2 Å². The quantitative estimate of drug-likeness (QED) is 0.408. The zero-order valence-electron chi connectivity index (χ0n) is 19.1. The lowest BCUT2D eigenvalue weighted by atomic mass is 10.0. The summed E-state index contributed by atoms with van der Waals surface area (Å²) < 4.78 is 14.9. The summed E-state index contributed by atoms with van der Waals surface area (Å²) in [5.41, 5.74) is 2.93. The van der Waals surface area contributed by atoms with Gasteiger partial charge in [-0.25, -0.2) is 9.07 Å². The summed E-state index contributed by atoms with van der Waals surface area (Å²) in [5, 5.41) is 11.5. The van der Waals surface area contributed by atoms with Crippen LogP contribution in [0.15, 0.2) is 65.9 Å². The monoisotopic (exact) mass is 449 g/mol. The molecule has 0 atom stereocenters. The van der Waals surface area contributed by atoms with Crippen molar-refractivity contribution in [3.8, 4) is 5.69 Å². The molecule has 0 saturated carbocycles. The number of aromatic nitrogens is 3. The second-order valence-corrected chi connectivity index (χ2v) is 8.25. The van der Waals surface area contributed by atoms with Crippen LogP contribution >= 0.6 is 0 Å². The zero-order valence-corrected chi connectivity index (χ0v) is 19.1. The maximum Gasteiger partial charge on any atom is 0.191 e. The molecule has 0 amide bonds. The molecule has 174 valence electrons. The van der Waals surface area contributed by atoms with Gasteiger partial charge in [0, 0.05) is 57.6 Å². The average molecular weight is 450 g/mol. The van der Waals surface area contributed by atoms with Crippen LogP contribution in [0.2, 0.25) is 0 Å². The number of halogens is 1. The van der Waals surface area contributed by atoms with Crippen molar-refractivity contribution in [3.63, 3.8) is 0 Å². The minimum atomic E-state index is -0.247. The third-order valence-corrected chi connectivity index (χ3v) is 5.76. The van der Waals surface area contributed by atoms with Gasteiger partial charge < -0.3 is 10.6 Å². The molecule has 0 unspecified atom stereocenters. The van der Waals surface area contributed by atoms with Crippen LogP contribution in [0.25, 0.3) is 5.69 Å². The summed E-state index contributed by atoms with van der Waals surface area (Å²) in [6.45, 7) is 6.56. The largest absolute Gasteiger partial charge is 0.357 e. The summed E-state index contributed by atoms with van der Waals surface area (Å²) in [4.78, 5) is 11.7. The van der Waals surface area contributed by atoms with Crippen molar-refractivity contribution in [1.29, 1.82) is 0 Å². The molecule has 1 aliphatic rings. The van der Waals surface area contributed by atoms with E-state index in [1.807, 2.05) is 30.6 Å². The molecule has 3 heterocycles. The molecule has 7 nitrogen and oxygen atoms in total. The Bertz CT molecular complexity index is 1010. The Balaban J connectivity index is 1.25. The van der Waals surface area contributed by atoms with Gasteiger partial charge in [0.25, 0.3) is 0 Å². The summed E-state index contributed by atoms with van der Waals surface area (Å²) in [5.74, 6) is 0.612. The molecule has 0 bridgehead atoms. The zero-order chi connectivity index (χ0) is 22.9. The van der Waals surface area contributed by atoms with Crippen molar-refractivity contribution < 1.29 is 4.39 Å². The number of hydrogen-bond acceptors (Lipinski definition) is 4. The van der Waals surface area contributed by atoms with Gasteiger partial charge >= 0.3 is 0 Å². The highest BCUT2D eigenvalue weighted by Crippen LogP contribution is 2.13. The smallest absolute Gasteiger partial charge is 0.191 e. The van der Waals surface area contributed by atoms with Gasteiger partial charge in [0.2, 0.25) is 0 Å². The highest BCUT2D eigenvalue weighted by molar-refractivity contribution is 5.80. The van der Waals surface area contributed by atoms with Gasteiger partial charge in [-0.3, -0.25) is 14.9 Å². The number of hydrogen-bond donors (Lipinski definition) is 2. The molecule has 3 aromatic rings. The summed E-state index contributed by atoms with van der Waals surface area (Å²) in [6, 6.07) is 14.8. The molecule has 0 aliphatic carbocycles. The number of likely N-dealkylation sites (tertiary alicyclic amines) is 1. The van der Waals surface area contributed by atoms with Crippen LogP contribution in [0.4, 0.5) is 4.39 Å². The second-order valence-electron chi connectivity index (χ2n) is 8.25. The van der Waals surface area contributed by atoms with Crippen molar-refractivity contribution in [2.75, 3.05) is 26.2 Å². The van der Waals surface area contributed by atoms with Crippen molar-refractivity contribution in [1.82, 2.24) is 30.3 Å². The van der Waals surface area contributed by atoms with Gasteiger partial charge in [-0.05, 0) is 62.2 Å². The maximum absolute atomic E-state index is 13.1. The van der Waals surface area contributed by atoms with Crippen LogP contribution < -0.4 is 10.6 Å². The van der Waals surface area contributed by atoms with E-state index in [-0.39, 0.29) is 5.82 Å².